The lowest BCUT2D eigenvalue weighted by molar-refractivity contribution is -0.137. The van der Waals surface area contributed by atoms with Gasteiger partial charge >= 0.3 is 5.97 Å². The minimum Gasteiger partial charge on any atom is -0.493 e. The summed E-state index contributed by atoms with van der Waals surface area (Å²) in [4.78, 5) is 21.8. The number of esters is 1. The van der Waals surface area contributed by atoms with Gasteiger partial charge in [-0.05, 0) is 61.7 Å². The fourth-order valence-electron chi connectivity index (χ4n) is 4.70. The van der Waals surface area contributed by atoms with E-state index in [1.54, 1.807) is 13.3 Å². The van der Waals surface area contributed by atoms with Gasteiger partial charge in [0.15, 0.2) is 11.5 Å². The summed E-state index contributed by atoms with van der Waals surface area (Å²) >= 11 is 0. The van der Waals surface area contributed by atoms with Gasteiger partial charge in [0.25, 0.3) is 0 Å². The largest absolute Gasteiger partial charge is 0.493 e. The molecule has 0 saturated heterocycles. The Bertz CT molecular complexity index is 1530. The van der Waals surface area contributed by atoms with E-state index in [-0.39, 0.29) is 13.4 Å². The van der Waals surface area contributed by atoms with Crippen molar-refractivity contribution in [2.45, 2.75) is 26.2 Å². The minimum atomic E-state index is -0.437. The summed E-state index contributed by atoms with van der Waals surface area (Å²) in [6.07, 6.45) is 6.08. The summed E-state index contributed by atoms with van der Waals surface area (Å²) in [5, 5.41) is 3.38. The lowest BCUT2D eigenvalue weighted by Gasteiger charge is -2.17. The highest BCUT2D eigenvalue weighted by Crippen LogP contribution is 2.36. The van der Waals surface area contributed by atoms with Crippen molar-refractivity contribution >= 4 is 28.5 Å². The van der Waals surface area contributed by atoms with Crippen LogP contribution in [-0.2, 0) is 22.4 Å². The molecule has 2 aliphatic rings. The monoisotopic (exact) mass is 512 g/mol. The standard InChI is InChI=1S/C29H28N4O5/c1-2-35-28(34)16-25(20-6-10-26-27(14-20)38-18-37-26)33-17-31-23-15-22(8-9-24(23)33)36-13-11-21-7-5-19-4-3-12-30-29(19)32-21/h5-10,14-17H,2-4,11-13,18H2,1H3,(H,30,32)/b25-16-. The number of carbonyl (C=O) groups is 1. The molecule has 2 aromatic heterocycles. The van der Waals surface area contributed by atoms with Crippen LogP contribution in [0.4, 0.5) is 5.82 Å². The number of hydrogen-bond donors (Lipinski definition) is 1. The zero-order valence-electron chi connectivity index (χ0n) is 21.1. The lowest BCUT2D eigenvalue weighted by Crippen LogP contribution is -2.14. The third kappa shape index (κ3) is 4.87. The molecule has 194 valence electrons. The molecule has 2 aliphatic heterocycles. The van der Waals surface area contributed by atoms with Gasteiger partial charge in [-0.15, -0.1) is 0 Å². The third-order valence-corrected chi connectivity index (χ3v) is 6.57. The Balaban J connectivity index is 1.22. The van der Waals surface area contributed by atoms with Gasteiger partial charge in [0.05, 0.1) is 29.9 Å². The number of ether oxygens (including phenoxy) is 4. The molecular formula is C29H28N4O5. The van der Waals surface area contributed by atoms with Crippen LogP contribution in [-0.4, -0.2) is 47.1 Å². The van der Waals surface area contributed by atoms with Gasteiger partial charge in [0.2, 0.25) is 6.79 Å². The first kappa shape index (κ1) is 23.8. The van der Waals surface area contributed by atoms with Crippen molar-refractivity contribution in [3.63, 3.8) is 0 Å². The molecule has 0 radical (unpaired) electrons. The number of rotatable bonds is 8. The SMILES string of the molecule is CCOC(=O)/C=C(/c1ccc2c(c1)OCO2)n1cnc2cc(OCCc3ccc4c(n3)NCCC4)ccc21. The van der Waals surface area contributed by atoms with Crippen LogP contribution >= 0.6 is 0 Å². The maximum absolute atomic E-state index is 12.4. The molecule has 0 bridgehead atoms. The van der Waals surface area contributed by atoms with Crippen molar-refractivity contribution < 1.29 is 23.7 Å². The number of anilines is 1. The molecule has 2 aromatic carbocycles. The van der Waals surface area contributed by atoms with E-state index in [1.807, 2.05) is 41.0 Å². The Morgan fingerprint density at radius 2 is 2.05 bits per heavy atom. The molecule has 38 heavy (non-hydrogen) atoms. The zero-order valence-corrected chi connectivity index (χ0v) is 21.1. The Hall–Kier alpha value is -4.53. The first-order chi connectivity index (χ1) is 18.7. The van der Waals surface area contributed by atoms with Crippen molar-refractivity contribution in [2.75, 3.05) is 31.9 Å². The van der Waals surface area contributed by atoms with Crippen molar-refractivity contribution in [1.82, 2.24) is 14.5 Å². The van der Waals surface area contributed by atoms with E-state index in [9.17, 15) is 4.79 Å². The van der Waals surface area contributed by atoms with Crippen LogP contribution in [0.2, 0.25) is 0 Å². The molecule has 0 spiro atoms. The van der Waals surface area contributed by atoms with Crippen LogP contribution < -0.4 is 19.5 Å². The van der Waals surface area contributed by atoms with Crippen molar-refractivity contribution in [3.05, 3.63) is 77.8 Å². The molecule has 1 N–H and O–H groups in total. The summed E-state index contributed by atoms with van der Waals surface area (Å²) in [6, 6.07) is 15.5. The van der Waals surface area contributed by atoms with Crippen LogP contribution in [0.25, 0.3) is 16.7 Å². The summed E-state index contributed by atoms with van der Waals surface area (Å²) in [5.74, 6) is 2.57. The van der Waals surface area contributed by atoms with E-state index in [0.717, 1.165) is 53.2 Å². The summed E-state index contributed by atoms with van der Waals surface area (Å²) in [5.41, 5.74) is 5.24. The predicted molar refractivity (Wildman–Crippen MR) is 143 cm³/mol. The molecule has 0 aliphatic carbocycles. The fourth-order valence-corrected chi connectivity index (χ4v) is 4.70. The quantitative estimate of drug-likeness (QED) is 0.271. The molecule has 0 amide bonds. The Labute approximate surface area is 220 Å². The molecule has 9 nitrogen and oxygen atoms in total. The molecule has 0 fully saturated rings. The number of pyridine rings is 1. The zero-order chi connectivity index (χ0) is 25.9. The van der Waals surface area contributed by atoms with Crippen LogP contribution in [0.15, 0.2) is 60.9 Å². The number of nitrogens with zero attached hydrogens (tertiary/aromatic N) is 3. The van der Waals surface area contributed by atoms with Crippen molar-refractivity contribution in [1.29, 1.82) is 0 Å². The van der Waals surface area contributed by atoms with Crippen molar-refractivity contribution in [2.24, 2.45) is 0 Å². The number of aromatic nitrogens is 3. The lowest BCUT2D eigenvalue weighted by atomic mass is 10.1. The van der Waals surface area contributed by atoms with Crippen LogP contribution in [0.5, 0.6) is 17.2 Å². The van der Waals surface area contributed by atoms with E-state index in [4.69, 9.17) is 23.9 Å². The Kier molecular flexibility index (Phi) is 6.56. The topological polar surface area (TPSA) is 96.7 Å². The van der Waals surface area contributed by atoms with E-state index in [1.165, 1.54) is 11.6 Å². The third-order valence-electron chi connectivity index (χ3n) is 6.57. The molecule has 9 heteroatoms. The highest BCUT2D eigenvalue weighted by atomic mass is 16.7. The maximum Gasteiger partial charge on any atom is 0.332 e. The molecule has 0 unspecified atom stereocenters. The van der Waals surface area contributed by atoms with Gasteiger partial charge in [-0.1, -0.05) is 6.07 Å². The fraction of sp³-hybridized carbons (Fsp3) is 0.276. The smallest absolute Gasteiger partial charge is 0.332 e. The number of fused-ring (bicyclic) bond motifs is 3. The second-order valence-electron chi connectivity index (χ2n) is 9.05. The highest BCUT2D eigenvalue weighted by molar-refractivity contribution is 5.94. The number of benzene rings is 2. The molecule has 6 rings (SSSR count). The Morgan fingerprint density at radius 1 is 1.13 bits per heavy atom. The maximum atomic E-state index is 12.4. The number of aryl methyl sites for hydroxylation is 1. The van der Waals surface area contributed by atoms with Crippen molar-refractivity contribution in [3.8, 4) is 17.2 Å². The second-order valence-corrected chi connectivity index (χ2v) is 9.05. The molecule has 0 atom stereocenters. The molecular weight excluding hydrogens is 484 g/mol. The van der Waals surface area contributed by atoms with Gasteiger partial charge in [0, 0.05) is 36.4 Å². The number of hydrogen-bond acceptors (Lipinski definition) is 8. The van der Waals surface area contributed by atoms with Crippen LogP contribution in [0.1, 0.15) is 30.2 Å². The van der Waals surface area contributed by atoms with Crippen LogP contribution in [0, 0.1) is 0 Å². The summed E-state index contributed by atoms with van der Waals surface area (Å²) < 4.78 is 24.1. The number of imidazole rings is 1. The predicted octanol–water partition coefficient (Wildman–Crippen LogP) is 4.59. The average Bonchev–Trinajstić information content (AvgIpc) is 3.58. The summed E-state index contributed by atoms with van der Waals surface area (Å²) in [6.45, 7) is 3.71. The van der Waals surface area contributed by atoms with E-state index in [2.05, 4.69) is 22.4 Å². The first-order valence-corrected chi connectivity index (χ1v) is 12.8. The Morgan fingerprint density at radius 3 is 2.97 bits per heavy atom. The van der Waals surface area contributed by atoms with Gasteiger partial charge in [0.1, 0.15) is 17.9 Å². The first-order valence-electron chi connectivity index (χ1n) is 12.8. The second kappa shape index (κ2) is 10.5. The van der Waals surface area contributed by atoms with Gasteiger partial charge < -0.3 is 24.3 Å². The van der Waals surface area contributed by atoms with Gasteiger partial charge in [-0.3, -0.25) is 4.57 Å². The van der Waals surface area contributed by atoms with E-state index in [0.29, 0.717) is 30.2 Å². The van der Waals surface area contributed by atoms with Gasteiger partial charge in [-0.25, -0.2) is 14.8 Å². The highest BCUT2D eigenvalue weighted by Gasteiger charge is 2.18. The van der Waals surface area contributed by atoms with E-state index < -0.39 is 5.97 Å². The molecule has 0 saturated carbocycles. The molecule has 4 heterocycles. The average molecular weight is 513 g/mol. The van der Waals surface area contributed by atoms with Gasteiger partial charge in [-0.2, -0.15) is 0 Å². The number of carbonyl (C=O) groups excluding carboxylic acids is 1. The van der Waals surface area contributed by atoms with E-state index >= 15 is 0 Å². The minimum absolute atomic E-state index is 0.173. The summed E-state index contributed by atoms with van der Waals surface area (Å²) in [7, 11) is 0. The number of nitrogens with one attached hydrogen (secondary N) is 1. The normalized spacial score (nSPS) is 14.2. The van der Waals surface area contributed by atoms with Crippen LogP contribution in [0.3, 0.4) is 0 Å². The molecule has 4 aromatic rings.